The number of para-hydroxylation sites is 2. The summed E-state index contributed by atoms with van der Waals surface area (Å²) in [4.78, 5) is 29.7. The van der Waals surface area contributed by atoms with E-state index in [-0.39, 0.29) is 29.0 Å². The zero-order valence-corrected chi connectivity index (χ0v) is 27.2. The molecule has 0 saturated heterocycles. The first-order valence-electron chi connectivity index (χ1n) is 14.1. The number of amides is 2. The molecule has 232 valence electrons. The lowest BCUT2D eigenvalue weighted by Crippen LogP contribution is -2.51. The second-order valence-electron chi connectivity index (χ2n) is 10.3. The van der Waals surface area contributed by atoms with Crippen LogP contribution in [0.1, 0.15) is 33.3 Å². The number of benzene rings is 3. The second-order valence-corrected chi connectivity index (χ2v) is 13.0. The SMILES string of the molecule is CCOc1ccccc1N(CC(=O)N(Cc1cccc(OC)c1)[C@@H](C)C(=O)NCC(C)C)S(=O)(=O)c1ccc(SC)cc1. The van der Waals surface area contributed by atoms with Gasteiger partial charge in [0.15, 0.2) is 0 Å². The molecular weight excluding hydrogens is 587 g/mol. The Bertz CT molecular complexity index is 1480. The van der Waals surface area contributed by atoms with Gasteiger partial charge in [0.2, 0.25) is 11.8 Å². The maximum absolute atomic E-state index is 14.2. The van der Waals surface area contributed by atoms with Crippen LogP contribution in [0, 0.1) is 5.92 Å². The van der Waals surface area contributed by atoms with Crippen molar-refractivity contribution < 1.29 is 27.5 Å². The normalized spacial score (nSPS) is 12.0. The van der Waals surface area contributed by atoms with Crippen LogP contribution in [0.3, 0.4) is 0 Å². The number of carbonyl (C=O) groups excluding carboxylic acids is 2. The molecule has 43 heavy (non-hydrogen) atoms. The Morgan fingerprint density at radius 1 is 0.977 bits per heavy atom. The van der Waals surface area contributed by atoms with Crippen molar-refractivity contribution in [1.29, 1.82) is 0 Å². The van der Waals surface area contributed by atoms with E-state index in [2.05, 4.69) is 5.32 Å². The highest BCUT2D eigenvalue weighted by Gasteiger charge is 2.34. The Hall–Kier alpha value is -3.70. The largest absolute Gasteiger partial charge is 0.497 e. The molecule has 0 spiro atoms. The molecule has 3 rings (SSSR count). The molecular formula is C32H41N3O6S2. The first-order chi connectivity index (χ1) is 20.5. The zero-order chi connectivity index (χ0) is 31.6. The quantitative estimate of drug-likeness (QED) is 0.231. The third kappa shape index (κ3) is 8.90. The lowest BCUT2D eigenvalue weighted by atomic mass is 10.1. The minimum absolute atomic E-state index is 0.0338. The van der Waals surface area contributed by atoms with E-state index in [1.54, 1.807) is 75.6 Å². The Morgan fingerprint density at radius 3 is 2.30 bits per heavy atom. The fourth-order valence-electron chi connectivity index (χ4n) is 4.33. The number of hydrogen-bond acceptors (Lipinski definition) is 7. The van der Waals surface area contributed by atoms with E-state index < -0.39 is 28.5 Å². The number of sulfonamides is 1. The summed E-state index contributed by atoms with van der Waals surface area (Å²) in [5, 5.41) is 2.89. The zero-order valence-electron chi connectivity index (χ0n) is 25.6. The first kappa shape index (κ1) is 33.8. The number of nitrogens with zero attached hydrogens (tertiary/aromatic N) is 2. The molecule has 0 aliphatic rings. The number of thioether (sulfide) groups is 1. The summed E-state index contributed by atoms with van der Waals surface area (Å²) >= 11 is 1.50. The Kier molecular flexibility index (Phi) is 12.3. The molecule has 3 aromatic carbocycles. The van der Waals surface area contributed by atoms with Crippen molar-refractivity contribution >= 4 is 39.3 Å². The predicted octanol–water partition coefficient (Wildman–Crippen LogP) is 5.20. The van der Waals surface area contributed by atoms with Crippen molar-refractivity contribution in [2.45, 2.75) is 50.1 Å². The molecule has 0 unspecified atom stereocenters. The van der Waals surface area contributed by atoms with Gasteiger partial charge in [-0.15, -0.1) is 11.8 Å². The number of ether oxygens (including phenoxy) is 2. The van der Waals surface area contributed by atoms with Crippen LogP contribution in [0.15, 0.2) is 82.6 Å². The van der Waals surface area contributed by atoms with Crippen LogP contribution >= 0.6 is 11.8 Å². The maximum Gasteiger partial charge on any atom is 0.264 e. The van der Waals surface area contributed by atoms with Crippen LogP contribution in [-0.2, 0) is 26.2 Å². The number of methoxy groups -OCH3 is 1. The lowest BCUT2D eigenvalue weighted by Gasteiger charge is -2.32. The van der Waals surface area contributed by atoms with Crippen molar-refractivity contribution in [3.8, 4) is 11.5 Å². The average Bonchev–Trinajstić information content (AvgIpc) is 3.01. The maximum atomic E-state index is 14.2. The van der Waals surface area contributed by atoms with Crippen LogP contribution in [0.25, 0.3) is 0 Å². The van der Waals surface area contributed by atoms with Gasteiger partial charge < -0.3 is 19.7 Å². The molecule has 0 bridgehead atoms. The van der Waals surface area contributed by atoms with E-state index in [4.69, 9.17) is 9.47 Å². The van der Waals surface area contributed by atoms with Gasteiger partial charge in [-0.1, -0.05) is 38.1 Å². The highest BCUT2D eigenvalue weighted by molar-refractivity contribution is 7.98. The topological polar surface area (TPSA) is 105 Å². The number of anilines is 1. The highest BCUT2D eigenvalue weighted by Crippen LogP contribution is 2.33. The molecule has 9 nitrogen and oxygen atoms in total. The van der Waals surface area contributed by atoms with Crippen LogP contribution in [0.5, 0.6) is 11.5 Å². The number of hydrogen-bond donors (Lipinski definition) is 1. The molecule has 0 fully saturated rings. The van der Waals surface area contributed by atoms with Crippen LogP contribution < -0.4 is 19.1 Å². The third-order valence-electron chi connectivity index (χ3n) is 6.70. The Labute approximate surface area is 259 Å². The summed E-state index contributed by atoms with van der Waals surface area (Å²) in [6, 6.07) is 19.5. The van der Waals surface area contributed by atoms with E-state index in [0.29, 0.717) is 24.7 Å². The fourth-order valence-corrected chi connectivity index (χ4v) is 6.16. The summed E-state index contributed by atoms with van der Waals surface area (Å²) in [7, 11) is -2.67. The molecule has 11 heteroatoms. The van der Waals surface area contributed by atoms with E-state index in [1.165, 1.54) is 28.8 Å². The molecule has 1 atom stereocenters. The molecule has 3 aromatic rings. The molecule has 0 aromatic heterocycles. The average molecular weight is 628 g/mol. The van der Waals surface area contributed by atoms with Gasteiger partial charge in [0, 0.05) is 18.0 Å². The number of carbonyl (C=O) groups is 2. The minimum atomic E-state index is -4.22. The van der Waals surface area contributed by atoms with Crippen molar-refractivity contribution in [1.82, 2.24) is 10.2 Å². The van der Waals surface area contributed by atoms with Gasteiger partial charge in [-0.25, -0.2) is 8.42 Å². The summed E-state index contributed by atoms with van der Waals surface area (Å²) in [6.45, 7) is 7.66. The molecule has 0 radical (unpaired) electrons. The van der Waals surface area contributed by atoms with Gasteiger partial charge in [-0.3, -0.25) is 13.9 Å². The molecule has 0 heterocycles. The van der Waals surface area contributed by atoms with Crippen LogP contribution in [0.2, 0.25) is 0 Å². The minimum Gasteiger partial charge on any atom is -0.497 e. The Balaban J connectivity index is 2.08. The van der Waals surface area contributed by atoms with E-state index in [1.807, 2.05) is 26.2 Å². The van der Waals surface area contributed by atoms with Gasteiger partial charge >= 0.3 is 0 Å². The van der Waals surface area contributed by atoms with Crippen LogP contribution in [-0.4, -0.2) is 64.2 Å². The summed E-state index contributed by atoms with van der Waals surface area (Å²) in [6.07, 6.45) is 1.90. The molecule has 2 amide bonds. The summed E-state index contributed by atoms with van der Waals surface area (Å²) in [5.41, 5.74) is 0.956. The van der Waals surface area contributed by atoms with E-state index in [0.717, 1.165) is 14.8 Å². The van der Waals surface area contributed by atoms with Crippen molar-refractivity contribution in [2.24, 2.45) is 5.92 Å². The van der Waals surface area contributed by atoms with Gasteiger partial charge in [-0.2, -0.15) is 0 Å². The lowest BCUT2D eigenvalue weighted by molar-refractivity contribution is -0.139. The van der Waals surface area contributed by atoms with Crippen molar-refractivity contribution in [3.05, 3.63) is 78.4 Å². The molecule has 1 N–H and O–H groups in total. The predicted molar refractivity (Wildman–Crippen MR) is 171 cm³/mol. The van der Waals surface area contributed by atoms with Gasteiger partial charge in [0.25, 0.3) is 10.0 Å². The van der Waals surface area contributed by atoms with Crippen LogP contribution in [0.4, 0.5) is 5.69 Å². The van der Waals surface area contributed by atoms with Crippen molar-refractivity contribution in [2.75, 3.05) is 37.4 Å². The molecule has 0 aliphatic heterocycles. The highest BCUT2D eigenvalue weighted by atomic mass is 32.2. The third-order valence-corrected chi connectivity index (χ3v) is 9.22. The fraction of sp³-hybridized carbons (Fsp3) is 0.375. The monoisotopic (exact) mass is 627 g/mol. The van der Waals surface area contributed by atoms with E-state index >= 15 is 0 Å². The summed E-state index contributed by atoms with van der Waals surface area (Å²) < 4.78 is 40.5. The van der Waals surface area contributed by atoms with Crippen molar-refractivity contribution in [3.63, 3.8) is 0 Å². The van der Waals surface area contributed by atoms with Gasteiger partial charge in [-0.05, 0) is 80.1 Å². The Morgan fingerprint density at radius 2 is 1.67 bits per heavy atom. The standard InChI is InChI=1S/C32H41N3O6S2/c1-7-41-30-14-9-8-13-29(30)35(43(38,39)28-17-15-27(42-6)16-18-28)22-31(36)34(24(4)32(37)33-20-23(2)3)21-25-11-10-12-26(19-25)40-5/h8-19,23-24H,7,20-22H2,1-6H3,(H,33,37)/t24-/m0/s1. The molecule has 0 saturated carbocycles. The van der Waals surface area contributed by atoms with Gasteiger partial charge in [0.05, 0.1) is 24.3 Å². The number of rotatable bonds is 15. The van der Waals surface area contributed by atoms with E-state index in [9.17, 15) is 18.0 Å². The number of nitrogens with one attached hydrogen (secondary N) is 1. The summed E-state index contributed by atoms with van der Waals surface area (Å²) in [5.74, 6) is 0.258. The smallest absolute Gasteiger partial charge is 0.264 e. The second kappa shape index (κ2) is 15.7. The molecule has 0 aliphatic carbocycles. The first-order valence-corrected chi connectivity index (χ1v) is 16.8. The van der Waals surface area contributed by atoms with Gasteiger partial charge in [0.1, 0.15) is 24.1 Å².